The van der Waals surface area contributed by atoms with Crippen LogP contribution in [-0.2, 0) is 4.74 Å². The highest BCUT2D eigenvalue weighted by Crippen LogP contribution is 2.27. The number of nitrogens with zero attached hydrogens (tertiary/aromatic N) is 1. The van der Waals surface area contributed by atoms with E-state index in [1.165, 1.54) is 16.3 Å². The molecule has 0 aliphatic carbocycles. The molecule has 2 aromatic rings. The maximum absolute atomic E-state index is 11.5. The fourth-order valence-electron chi connectivity index (χ4n) is 3.45. The molecule has 0 radical (unpaired) electrons. The van der Waals surface area contributed by atoms with E-state index in [4.69, 9.17) is 4.74 Å². The second kappa shape index (κ2) is 7.67. The number of carbonyl (C=O) groups excluding carboxylic acids is 1. The molecule has 1 saturated heterocycles. The third kappa shape index (κ3) is 3.88. The number of alkyl carbamates (subject to hydrolysis) is 1. The van der Waals surface area contributed by atoms with Crippen LogP contribution in [0.25, 0.3) is 10.8 Å². The van der Waals surface area contributed by atoms with E-state index in [-0.39, 0.29) is 12.1 Å². The lowest BCUT2D eigenvalue weighted by atomic mass is 9.98. The summed E-state index contributed by atoms with van der Waals surface area (Å²) >= 11 is 0. The Morgan fingerprint density at radius 1 is 1.21 bits per heavy atom. The zero-order chi connectivity index (χ0) is 16.9. The van der Waals surface area contributed by atoms with Crippen molar-refractivity contribution in [2.75, 3.05) is 19.7 Å². The molecule has 0 aromatic heterocycles. The van der Waals surface area contributed by atoms with Crippen molar-refractivity contribution in [3.8, 4) is 0 Å². The summed E-state index contributed by atoms with van der Waals surface area (Å²) in [5, 5.41) is 5.53. The molecule has 1 fully saturated rings. The molecule has 2 aromatic carbocycles. The highest BCUT2D eigenvalue weighted by molar-refractivity contribution is 5.83. The smallest absolute Gasteiger partial charge is 0.407 e. The summed E-state index contributed by atoms with van der Waals surface area (Å²) in [5.41, 5.74) is 1.35. The van der Waals surface area contributed by atoms with Crippen LogP contribution in [-0.4, -0.2) is 36.7 Å². The van der Waals surface area contributed by atoms with Gasteiger partial charge in [-0.3, -0.25) is 4.90 Å². The number of amides is 1. The summed E-state index contributed by atoms with van der Waals surface area (Å²) in [5.74, 6) is 0. The molecule has 24 heavy (non-hydrogen) atoms. The maximum atomic E-state index is 11.5. The van der Waals surface area contributed by atoms with Gasteiger partial charge in [0, 0.05) is 25.2 Å². The molecule has 1 unspecified atom stereocenters. The van der Waals surface area contributed by atoms with Crippen molar-refractivity contribution in [1.29, 1.82) is 0 Å². The Morgan fingerprint density at radius 2 is 1.92 bits per heavy atom. The first kappa shape index (κ1) is 16.8. The number of rotatable bonds is 4. The molecule has 4 nitrogen and oxygen atoms in total. The molecule has 128 valence electrons. The Balaban J connectivity index is 1.59. The van der Waals surface area contributed by atoms with Crippen LogP contribution in [0.2, 0.25) is 0 Å². The van der Waals surface area contributed by atoms with Gasteiger partial charge in [0.15, 0.2) is 0 Å². The van der Waals surface area contributed by atoms with Gasteiger partial charge in [0.05, 0.1) is 6.61 Å². The van der Waals surface area contributed by atoms with Crippen molar-refractivity contribution < 1.29 is 9.53 Å². The molecule has 1 aliphatic rings. The number of hydrogen-bond donors (Lipinski definition) is 1. The number of carbonyl (C=O) groups is 1. The molecule has 0 bridgehead atoms. The highest BCUT2D eigenvalue weighted by atomic mass is 16.5. The van der Waals surface area contributed by atoms with E-state index in [1.54, 1.807) is 0 Å². The second-order valence-electron chi connectivity index (χ2n) is 6.46. The number of fused-ring (bicyclic) bond motifs is 1. The lowest BCUT2D eigenvalue weighted by Crippen LogP contribution is -2.45. The lowest BCUT2D eigenvalue weighted by Gasteiger charge is -2.36. The van der Waals surface area contributed by atoms with Crippen LogP contribution in [0.4, 0.5) is 4.79 Å². The number of benzene rings is 2. The topological polar surface area (TPSA) is 41.6 Å². The Morgan fingerprint density at radius 3 is 2.62 bits per heavy atom. The van der Waals surface area contributed by atoms with Gasteiger partial charge in [-0.2, -0.15) is 0 Å². The fourth-order valence-corrected chi connectivity index (χ4v) is 3.45. The minimum absolute atomic E-state index is 0.226. The number of piperidine rings is 1. The Bertz CT molecular complexity index is 693. The molecule has 3 rings (SSSR count). The molecule has 1 N–H and O–H groups in total. The first-order chi connectivity index (χ1) is 11.7. The molecular formula is C20H26N2O2. The van der Waals surface area contributed by atoms with Crippen molar-refractivity contribution >= 4 is 16.9 Å². The fraction of sp³-hybridized carbons (Fsp3) is 0.450. The second-order valence-corrected chi connectivity index (χ2v) is 6.46. The van der Waals surface area contributed by atoms with Crippen molar-refractivity contribution in [3.05, 3.63) is 48.0 Å². The van der Waals surface area contributed by atoms with E-state index in [9.17, 15) is 4.79 Å². The van der Waals surface area contributed by atoms with E-state index in [2.05, 4.69) is 59.6 Å². The average Bonchev–Trinajstić information content (AvgIpc) is 2.61. The van der Waals surface area contributed by atoms with Crippen LogP contribution >= 0.6 is 0 Å². The maximum Gasteiger partial charge on any atom is 0.407 e. The summed E-state index contributed by atoms with van der Waals surface area (Å²) in [6.07, 6.45) is 1.64. The first-order valence-electron chi connectivity index (χ1n) is 8.83. The summed E-state index contributed by atoms with van der Waals surface area (Å²) < 4.78 is 4.97. The third-order valence-electron chi connectivity index (χ3n) is 4.93. The van der Waals surface area contributed by atoms with Gasteiger partial charge >= 0.3 is 6.09 Å². The van der Waals surface area contributed by atoms with Crippen LogP contribution in [0.3, 0.4) is 0 Å². The summed E-state index contributed by atoms with van der Waals surface area (Å²) in [7, 11) is 0. The summed E-state index contributed by atoms with van der Waals surface area (Å²) in [4.78, 5) is 14.0. The van der Waals surface area contributed by atoms with Gasteiger partial charge in [0.1, 0.15) is 0 Å². The predicted octanol–water partition coefficient (Wildman–Crippen LogP) is 4.11. The SMILES string of the molecule is CCOC(=O)NC1CCN(C(C)c2ccc3ccccc3c2)CC1. The number of ether oxygens (including phenoxy) is 1. The number of hydrogen-bond acceptors (Lipinski definition) is 3. The average molecular weight is 326 g/mol. The lowest BCUT2D eigenvalue weighted by molar-refractivity contribution is 0.126. The van der Waals surface area contributed by atoms with Crippen molar-refractivity contribution in [2.45, 2.75) is 38.8 Å². The van der Waals surface area contributed by atoms with E-state index in [1.807, 2.05) is 6.92 Å². The molecular weight excluding hydrogens is 300 g/mol. The van der Waals surface area contributed by atoms with Crippen LogP contribution in [0.15, 0.2) is 42.5 Å². The number of likely N-dealkylation sites (tertiary alicyclic amines) is 1. The zero-order valence-electron chi connectivity index (χ0n) is 14.5. The van der Waals surface area contributed by atoms with E-state index in [0.717, 1.165) is 25.9 Å². The van der Waals surface area contributed by atoms with Gasteiger partial charge < -0.3 is 10.1 Å². The van der Waals surface area contributed by atoms with Gasteiger partial charge in [0.25, 0.3) is 0 Å². The minimum atomic E-state index is -0.293. The molecule has 1 aliphatic heterocycles. The Hall–Kier alpha value is -2.07. The highest BCUT2D eigenvalue weighted by Gasteiger charge is 2.24. The summed E-state index contributed by atoms with van der Waals surface area (Å²) in [6, 6.07) is 15.8. The molecule has 1 atom stereocenters. The van der Waals surface area contributed by atoms with Crippen LogP contribution in [0.1, 0.15) is 38.3 Å². The van der Waals surface area contributed by atoms with Crippen molar-refractivity contribution in [3.63, 3.8) is 0 Å². The monoisotopic (exact) mass is 326 g/mol. The summed E-state index contributed by atoms with van der Waals surface area (Å²) in [6.45, 7) is 6.50. The van der Waals surface area contributed by atoms with Gasteiger partial charge in [-0.15, -0.1) is 0 Å². The molecule has 0 spiro atoms. The third-order valence-corrected chi connectivity index (χ3v) is 4.93. The standard InChI is InChI=1S/C20H26N2O2/c1-3-24-20(23)21-19-10-12-22(13-11-19)15(2)17-9-8-16-6-4-5-7-18(16)14-17/h4-9,14-15,19H,3,10-13H2,1-2H3,(H,21,23). The quantitative estimate of drug-likeness (QED) is 0.919. The van der Waals surface area contributed by atoms with E-state index < -0.39 is 0 Å². The zero-order valence-corrected chi connectivity index (χ0v) is 14.5. The van der Waals surface area contributed by atoms with Gasteiger partial charge in [0.2, 0.25) is 0 Å². The Labute approximate surface area is 143 Å². The van der Waals surface area contributed by atoms with E-state index in [0.29, 0.717) is 12.6 Å². The molecule has 1 amide bonds. The van der Waals surface area contributed by atoms with Crippen LogP contribution < -0.4 is 5.32 Å². The largest absolute Gasteiger partial charge is 0.450 e. The first-order valence-corrected chi connectivity index (χ1v) is 8.83. The van der Waals surface area contributed by atoms with Crippen molar-refractivity contribution in [2.24, 2.45) is 0 Å². The molecule has 0 saturated carbocycles. The van der Waals surface area contributed by atoms with Gasteiger partial charge in [-0.1, -0.05) is 36.4 Å². The minimum Gasteiger partial charge on any atom is -0.450 e. The van der Waals surface area contributed by atoms with Crippen LogP contribution in [0, 0.1) is 0 Å². The molecule has 1 heterocycles. The van der Waals surface area contributed by atoms with E-state index >= 15 is 0 Å². The Kier molecular flexibility index (Phi) is 5.36. The predicted molar refractivity (Wildman–Crippen MR) is 97.1 cm³/mol. The molecule has 4 heteroatoms. The van der Waals surface area contributed by atoms with Crippen molar-refractivity contribution in [1.82, 2.24) is 10.2 Å². The van der Waals surface area contributed by atoms with Gasteiger partial charge in [-0.05, 0) is 49.1 Å². The normalized spacial score (nSPS) is 17.6. The van der Waals surface area contributed by atoms with Gasteiger partial charge in [-0.25, -0.2) is 4.79 Å². The number of nitrogens with one attached hydrogen (secondary N) is 1. The van der Waals surface area contributed by atoms with Crippen LogP contribution in [0.5, 0.6) is 0 Å².